The fourth-order valence-electron chi connectivity index (χ4n) is 4.88. The van der Waals surface area contributed by atoms with Gasteiger partial charge in [-0.15, -0.1) is 0 Å². The van der Waals surface area contributed by atoms with Crippen LogP contribution in [0.5, 0.6) is 5.75 Å². The Morgan fingerprint density at radius 3 is 2.49 bits per heavy atom. The Morgan fingerprint density at radius 1 is 1.11 bits per heavy atom. The molecule has 1 saturated heterocycles. The molecule has 4 rings (SSSR count). The highest BCUT2D eigenvalue weighted by Gasteiger charge is 2.38. The number of anilines is 2. The predicted molar refractivity (Wildman–Crippen MR) is 138 cm³/mol. The summed E-state index contributed by atoms with van der Waals surface area (Å²) in [5.41, 5.74) is 7.66. The first-order valence-electron chi connectivity index (χ1n) is 12.2. The Morgan fingerprint density at radius 2 is 1.84 bits per heavy atom. The number of hydrogen-bond acceptors (Lipinski definition) is 8. The van der Waals surface area contributed by atoms with Gasteiger partial charge in [-0.3, -0.25) is 0 Å². The molecule has 0 amide bonds. The molecule has 1 aromatic heterocycles. The van der Waals surface area contributed by atoms with E-state index in [1.807, 2.05) is 19.1 Å². The molecule has 0 saturated carbocycles. The summed E-state index contributed by atoms with van der Waals surface area (Å²) in [6.07, 6.45) is 1.36. The molecule has 2 heterocycles. The lowest BCUT2D eigenvalue weighted by Gasteiger charge is -2.37. The summed E-state index contributed by atoms with van der Waals surface area (Å²) in [6, 6.07) is 7.89. The Bertz CT molecular complexity index is 1260. The summed E-state index contributed by atoms with van der Waals surface area (Å²) in [6.45, 7) is 4.09. The van der Waals surface area contributed by atoms with E-state index in [1.165, 1.54) is 19.2 Å². The van der Waals surface area contributed by atoms with Crippen LogP contribution in [-0.2, 0) is 25.7 Å². The van der Waals surface area contributed by atoms with Gasteiger partial charge < -0.3 is 30.0 Å². The second-order valence-electron chi connectivity index (χ2n) is 9.39. The summed E-state index contributed by atoms with van der Waals surface area (Å²) in [5.74, 6) is -1.36. The molecular formula is C27H34F2N4O4. The van der Waals surface area contributed by atoms with E-state index in [-0.39, 0.29) is 17.3 Å². The number of nitrogens with zero attached hydrogens (tertiary/aromatic N) is 2. The van der Waals surface area contributed by atoms with E-state index in [0.29, 0.717) is 54.5 Å². The van der Waals surface area contributed by atoms with Gasteiger partial charge in [-0.25, -0.2) is 9.97 Å². The van der Waals surface area contributed by atoms with Crippen molar-refractivity contribution in [2.24, 2.45) is 0 Å². The third-order valence-electron chi connectivity index (χ3n) is 6.89. The fraction of sp³-hybridized carbons (Fsp3) is 0.481. The lowest BCUT2D eigenvalue weighted by atomic mass is 9.84. The lowest BCUT2D eigenvalue weighted by Crippen LogP contribution is -2.36. The van der Waals surface area contributed by atoms with Crippen LogP contribution in [0.2, 0.25) is 0 Å². The standard InChI is InChI=1S/C27H34F2N4O4/c1-16(18-10-19(12-20(30)11-18)27(28,29)15-34-3)31-25-21-13-22(26(36-5)6-8-37-9-7-26)24(35-4)14-23(21)32-17(2)33-25/h10-14,16H,6-9,15,30H2,1-5H3,(H,31,32,33)/t16-/m1/s1. The minimum Gasteiger partial charge on any atom is -0.496 e. The molecule has 1 aliphatic heterocycles. The van der Waals surface area contributed by atoms with E-state index in [0.717, 1.165) is 10.9 Å². The Labute approximate surface area is 215 Å². The normalized spacial score (nSPS) is 16.5. The van der Waals surface area contributed by atoms with Gasteiger partial charge in [-0.05, 0) is 43.7 Å². The van der Waals surface area contributed by atoms with E-state index in [9.17, 15) is 8.78 Å². The lowest BCUT2D eigenvalue weighted by molar-refractivity contribution is -0.0956. The van der Waals surface area contributed by atoms with Crippen molar-refractivity contribution in [1.29, 1.82) is 0 Å². The molecule has 3 N–H and O–H groups in total. The Balaban J connectivity index is 1.77. The number of hydrogen-bond donors (Lipinski definition) is 2. The Kier molecular flexibility index (Phi) is 7.82. The van der Waals surface area contributed by atoms with Crippen molar-refractivity contribution in [3.05, 3.63) is 52.8 Å². The number of halogens is 2. The number of methoxy groups -OCH3 is 3. The molecule has 2 aromatic carbocycles. The van der Waals surface area contributed by atoms with Crippen LogP contribution in [0, 0.1) is 6.92 Å². The number of aromatic nitrogens is 2. The summed E-state index contributed by atoms with van der Waals surface area (Å²) >= 11 is 0. The summed E-state index contributed by atoms with van der Waals surface area (Å²) < 4.78 is 51.2. The van der Waals surface area contributed by atoms with Crippen LogP contribution >= 0.6 is 0 Å². The highest BCUT2D eigenvalue weighted by atomic mass is 19.3. The van der Waals surface area contributed by atoms with Crippen LogP contribution in [-0.4, -0.2) is 51.1 Å². The topological polar surface area (TPSA) is 101 Å². The van der Waals surface area contributed by atoms with Crippen molar-refractivity contribution in [3.8, 4) is 5.75 Å². The molecular weight excluding hydrogens is 482 g/mol. The van der Waals surface area contributed by atoms with Gasteiger partial charge in [0.2, 0.25) is 0 Å². The number of rotatable bonds is 9. The summed E-state index contributed by atoms with van der Waals surface area (Å²) in [7, 11) is 4.56. The average Bonchev–Trinajstić information content (AvgIpc) is 2.87. The number of nitrogens with one attached hydrogen (secondary N) is 1. The molecule has 0 bridgehead atoms. The third-order valence-corrected chi connectivity index (χ3v) is 6.89. The maximum Gasteiger partial charge on any atom is 0.296 e. The maximum atomic E-state index is 14.6. The zero-order valence-corrected chi connectivity index (χ0v) is 21.9. The monoisotopic (exact) mass is 516 g/mol. The first-order chi connectivity index (χ1) is 17.6. The van der Waals surface area contributed by atoms with E-state index < -0.39 is 18.1 Å². The molecule has 1 fully saturated rings. The molecule has 1 atom stereocenters. The van der Waals surface area contributed by atoms with Gasteiger partial charge in [-0.1, -0.05) is 0 Å². The SMILES string of the molecule is COCC(F)(F)c1cc(N)cc([C@@H](C)Nc2nc(C)nc3cc(OC)c(C4(OC)CCOCC4)cc23)c1. The molecule has 3 aromatic rings. The fourth-order valence-corrected chi connectivity index (χ4v) is 4.88. The number of nitrogens with two attached hydrogens (primary N) is 1. The third kappa shape index (κ3) is 5.46. The number of aryl methyl sites for hydroxylation is 1. The van der Waals surface area contributed by atoms with Gasteiger partial charge >= 0.3 is 0 Å². The van der Waals surface area contributed by atoms with Gasteiger partial charge in [-0.2, -0.15) is 8.78 Å². The van der Waals surface area contributed by atoms with E-state index in [4.69, 9.17) is 24.7 Å². The average molecular weight is 517 g/mol. The van der Waals surface area contributed by atoms with Gasteiger partial charge in [0.25, 0.3) is 5.92 Å². The number of benzene rings is 2. The first kappa shape index (κ1) is 27.0. The van der Waals surface area contributed by atoms with Crippen molar-refractivity contribution < 1.29 is 27.7 Å². The Hall–Kier alpha value is -3.08. The van der Waals surface area contributed by atoms with Crippen molar-refractivity contribution in [2.45, 2.75) is 44.3 Å². The molecule has 0 unspecified atom stereocenters. The summed E-state index contributed by atoms with van der Waals surface area (Å²) in [5, 5.41) is 4.16. The van der Waals surface area contributed by atoms with Crippen LogP contribution in [0.25, 0.3) is 10.9 Å². The molecule has 0 radical (unpaired) electrons. The van der Waals surface area contributed by atoms with Crippen LogP contribution in [0.4, 0.5) is 20.3 Å². The van der Waals surface area contributed by atoms with E-state index in [1.54, 1.807) is 27.2 Å². The van der Waals surface area contributed by atoms with Gasteiger partial charge in [0, 0.05) is 68.5 Å². The highest BCUT2D eigenvalue weighted by Crippen LogP contribution is 2.43. The quantitative estimate of drug-likeness (QED) is 0.379. The number of alkyl halides is 2. The predicted octanol–water partition coefficient (Wildman–Crippen LogP) is 5.09. The van der Waals surface area contributed by atoms with Crippen molar-refractivity contribution in [2.75, 3.05) is 52.2 Å². The molecule has 200 valence electrons. The largest absolute Gasteiger partial charge is 0.496 e. The minimum atomic E-state index is -3.17. The second-order valence-corrected chi connectivity index (χ2v) is 9.39. The van der Waals surface area contributed by atoms with Gasteiger partial charge in [0.1, 0.15) is 29.6 Å². The number of ether oxygens (including phenoxy) is 4. The van der Waals surface area contributed by atoms with Crippen LogP contribution in [0.1, 0.15) is 48.3 Å². The molecule has 37 heavy (non-hydrogen) atoms. The molecule has 0 aliphatic carbocycles. The first-order valence-corrected chi connectivity index (χ1v) is 12.2. The zero-order chi connectivity index (χ0) is 26.8. The zero-order valence-electron chi connectivity index (χ0n) is 21.9. The van der Waals surface area contributed by atoms with Gasteiger partial charge in [0.15, 0.2) is 0 Å². The summed E-state index contributed by atoms with van der Waals surface area (Å²) in [4.78, 5) is 9.26. The van der Waals surface area contributed by atoms with Crippen molar-refractivity contribution >= 4 is 22.4 Å². The highest BCUT2D eigenvalue weighted by molar-refractivity contribution is 5.91. The van der Waals surface area contributed by atoms with E-state index >= 15 is 0 Å². The maximum absolute atomic E-state index is 14.6. The van der Waals surface area contributed by atoms with Gasteiger partial charge in [0.05, 0.1) is 18.7 Å². The minimum absolute atomic E-state index is 0.199. The number of nitrogen functional groups attached to an aromatic ring is 1. The van der Waals surface area contributed by atoms with E-state index in [2.05, 4.69) is 15.3 Å². The molecule has 0 spiro atoms. The van der Waals surface area contributed by atoms with Crippen LogP contribution < -0.4 is 15.8 Å². The van der Waals surface area contributed by atoms with Crippen molar-refractivity contribution in [3.63, 3.8) is 0 Å². The van der Waals surface area contributed by atoms with Crippen LogP contribution in [0.3, 0.4) is 0 Å². The second kappa shape index (κ2) is 10.7. The van der Waals surface area contributed by atoms with Crippen molar-refractivity contribution in [1.82, 2.24) is 9.97 Å². The number of fused-ring (bicyclic) bond motifs is 1. The smallest absolute Gasteiger partial charge is 0.296 e. The molecule has 10 heteroatoms. The van der Waals surface area contributed by atoms with Crippen LogP contribution in [0.15, 0.2) is 30.3 Å². The molecule has 8 nitrogen and oxygen atoms in total. The molecule has 1 aliphatic rings.